The number of anilines is 1. The Kier molecular flexibility index (Phi) is 3.67. The number of nitrogen functional groups attached to an aromatic ring is 1. The summed E-state index contributed by atoms with van der Waals surface area (Å²) in [4.78, 5) is 4.51. The molecule has 3 aromatic rings. The molecule has 0 saturated heterocycles. The molecular weight excluding hydrogens is 279 g/mol. The first-order chi connectivity index (χ1) is 10.6. The molecule has 3 rings (SSSR count). The Hall–Kier alpha value is -2.62. The maximum Gasteiger partial charge on any atom is 0.148 e. The van der Waals surface area contributed by atoms with E-state index in [0.29, 0.717) is 12.1 Å². The zero-order valence-electron chi connectivity index (χ0n) is 12.6. The van der Waals surface area contributed by atoms with Crippen LogP contribution in [0.4, 0.5) is 10.1 Å². The Morgan fingerprint density at radius 1 is 1.14 bits per heavy atom. The highest BCUT2D eigenvalue weighted by molar-refractivity contribution is 5.95. The lowest BCUT2D eigenvalue weighted by atomic mass is 10.0. The lowest BCUT2D eigenvalue weighted by molar-refractivity contribution is 0.416. The third-order valence-corrected chi connectivity index (χ3v) is 3.73. The fourth-order valence-corrected chi connectivity index (χ4v) is 2.66. The number of fused-ring (bicyclic) bond motifs is 1. The standard InChI is InChI=1S/C18H17FN2O/c1-11-7-16(20)15-9-13(10-21-17(15)18(11)22-2)8-12-3-5-14(19)6-4-12/h3-7,9-10H,8,20H2,1-2H3. The molecule has 0 aliphatic heterocycles. The molecule has 0 unspecified atom stereocenters. The Labute approximate surface area is 128 Å². The highest BCUT2D eigenvalue weighted by atomic mass is 19.1. The molecule has 2 N–H and O–H groups in total. The van der Waals surface area contributed by atoms with Crippen LogP contribution in [0.1, 0.15) is 16.7 Å². The average Bonchev–Trinajstić information content (AvgIpc) is 2.50. The molecule has 1 heterocycles. The molecule has 0 bridgehead atoms. The predicted molar refractivity (Wildman–Crippen MR) is 86.7 cm³/mol. The van der Waals surface area contributed by atoms with Gasteiger partial charge in [-0.25, -0.2) is 4.39 Å². The van der Waals surface area contributed by atoms with Crippen molar-refractivity contribution >= 4 is 16.6 Å². The molecule has 112 valence electrons. The van der Waals surface area contributed by atoms with Crippen molar-refractivity contribution in [3.8, 4) is 5.75 Å². The number of hydrogen-bond acceptors (Lipinski definition) is 3. The summed E-state index contributed by atoms with van der Waals surface area (Å²) >= 11 is 0. The van der Waals surface area contributed by atoms with Crippen LogP contribution in [0.5, 0.6) is 5.75 Å². The molecule has 0 aliphatic carbocycles. The van der Waals surface area contributed by atoms with E-state index in [1.807, 2.05) is 25.3 Å². The maximum absolute atomic E-state index is 13.0. The maximum atomic E-state index is 13.0. The molecule has 4 heteroatoms. The van der Waals surface area contributed by atoms with Crippen molar-refractivity contribution in [2.24, 2.45) is 0 Å². The third-order valence-electron chi connectivity index (χ3n) is 3.73. The lowest BCUT2D eigenvalue weighted by Gasteiger charge is -2.12. The quantitative estimate of drug-likeness (QED) is 0.746. The van der Waals surface area contributed by atoms with Crippen molar-refractivity contribution in [3.63, 3.8) is 0 Å². The summed E-state index contributed by atoms with van der Waals surface area (Å²) in [6.07, 6.45) is 2.49. The van der Waals surface area contributed by atoms with Crippen molar-refractivity contribution < 1.29 is 9.13 Å². The molecular formula is C18H17FN2O. The van der Waals surface area contributed by atoms with Crippen molar-refractivity contribution in [1.82, 2.24) is 4.98 Å². The first-order valence-electron chi connectivity index (χ1n) is 7.04. The molecule has 0 amide bonds. The summed E-state index contributed by atoms with van der Waals surface area (Å²) < 4.78 is 18.4. The van der Waals surface area contributed by atoms with Gasteiger partial charge in [-0.15, -0.1) is 0 Å². The van der Waals surface area contributed by atoms with E-state index in [1.165, 1.54) is 12.1 Å². The van der Waals surface area contributed by atoms with Crippen molar-refractivity contribution in [2.75, 3.05) is 12.8 Å². The first kappa shape index (κ1) is 14.3. The van der Waals surface area contributed by atoms with E-state index in [-0.39, 0.29) is 5.82 Å². The van der Waals surface area contributed by atoms with Crippen molar-refractivity contribution in [1.29, 1.82) is 0 Å². The summed E-state index contributed by atoms with van der Waals surface area (Å²) in [7, 11) is 1.63. The molecule has 0 radical (unpaired) electrons. The van der Waals surface area contributed by atoms with Gasteiger partial charge in [-0.3, -0.25) is 4.98 Å². The number of methoxy groups -OCH3 is 1. The second-order valence-corrected chi connectivity index (χ2v) is 5.36. The minimum atomic E-state index is -0.232. The van der Waals surface area contributed by atoms with Gasteiger partial charge in [0, 0.05) is 17.3 Å². The predicted octanol–water partition coefficient (Wildman–Crippen LogP) is 3.86. The highest BCUT2D eigenvalue weighted by Gasteiger charge is 2.11. The summed E-state index contributed by atoms with van der Waals surface area (Å²) in [6.45, 7) is 1.95. The van der Waals surface area contributed by atoms with Gasteiger partial charge >= 0.3 is 0 Å². The topological polar surface area (TPSA) is 48.1 Å². The summed E-state index contributed by atoms with van der Waals surface area (Å²) in [5, 5.41) is 0.877. The van der Waals surface area contributed by atoms with Gasteiger partial charge in [-0.2, -0.15) is 0 Å². The van der Waals surface area contributed by atoms with Gasteiger partial charge in [0.2, 0.25) is 0 Å². The number of pyridine rings is 1. The lowest BCUT2D eigenvalue weighted by Crippen LogP contribution is -1.98. The number of aromatic nitrogens is 1. The van der Waals surface area contributed by atoms with Gasteiger partial charge < -0.3 is 10.5 Å². The largest absolute Gasteiger partial charge is 0.494 e. The Morgan fingerprint density at radius 2 is 1.86 bits per heavy atom. The summed E-state index contributed by atoms with van der Waals surface area (Å²) in [5.41, 5.74) is 10.6. The van der Waals surface area contributed by atoms with Crippen LogP contribution < -0.4 is 10.5 Å². The van der Waals surface area contributed by atoms with E-state index in [4.69, 9.17) is 10.5 Å². The summed E-state index contributed by atoms with van der Waals surface area (Å²) in [5.74, 6) is 0.516. The fraction of sp³-hybridized carbons (Fsp3) is 0.167. The Balaban J connectivity index is 2.04. The highest BCUT2D eigenvalue weighted by Crippen LogP contribution is 2.32. The normalized spacial score (nSPS) is 10.9. The van der Waals surface area contributed by atoms with Gasteiger partial charge in [0.25, 0.3) is 0 Å². The number of halogens is 1. The molecule has 1 aromatic heterocycles. The molecule has 22 heavy (non-hydrogen) atoms. The number of rotatable bonds is 3. The Bertz CT molecular complexity index is 829. The van der Waals surface area contributed by atoms with Crippen LogP contribution in [0.25, 0.3) is 10.9 Å². The van der Waals surface area contributed by atoms with E-state index < -0.39 is 0 Å². The van der Waals surface area contributed by atoms with E-state index in [2.05, 4.69) is 4.98 Å². The van der Waals surface area contributed by atoms with Crippen LogP contribution in [0.15, 0.2) is 42.6 Å². The van der Waals surface area contributed by atoms with Crippen LogP contribution in [0.3, 0.4) is 0 Å². The number of aryl methyl sites for hydroxylation is 1. The van der Waals surface area contributed by atoms with E-state index in [9.17, 15) is 4.39 Å². The number of nitrogens with zero attached hydrogens (tertiary/aromatic N) is 1. The minimum Gasteiger partial charge on any atom is -0.494 e. The van der Waals surface area contributed by atoms with Crippen LogP contribution in [-0.2, 0) is 6.42 Å². The van der Waals surface area contributed by atoms with Crippen LogP contribution in [0.2, 0.25) is 0 Å². The van der Waals surface area contributed by atoms with E-state index in [0.717, 1.165) is 33.3 Å². The smallest absolute Gasteiger partial charge is 0.148 e. The molecule has 0 aliphatic rings. The SMILES string of the molecule is COc1c(C)cc(N)c2cc(Cc3ccc(F)cc3)cnc12. The number of hydrogen-bond donors (Lipinski definition) is 1. The zero-order valence-corrected chi connectivity index (χ0v) is 12.6. The van der Waals surface area contributed by atoms with Gasteiger partial charge in [0.05, 0.1) is 7.11 Å². The monoisotopic (exact) mass is 296 g/mol. The third kappa shape index (κ3) is 2.60. The van der Waals surface area contributed by atoms with Crippen molar-refractivity contribution in [2.45, 2.75) is 13.3 Å². The molecule has 3 nitrogen and oxygen atoms in total. The fourth-order valence-electron chi connectivity index (χ4n) is 2.66. The summed E-state index contributed by atoms with van der Waals surface area (Å²) in [6, 6.07) is 10.4. The molecule has 0 fully saturated rings. The molecule has 0 saturated carbocycles. The second-order valence-electron chi connectivity index (χ2n) is 5.36. The number of nitrogens with two attached hydrogens (primary N) is 1. The van der Waals surface area contributed by atoms with Crippen LogP contribution in [-0.4, -0.2) is 12.1 Å². The number of benzene rings is 2. The van der Waals surface area contributed by atoms with Gasteiger partial charge in [-0.05, 0) is 54.3 Å². The van der Waals surface area contributed by atoms with Crippen molar-refractivity contribution in [3.05, 3.63) is 65.1 Å². The minimum absolute atomic E-state index is 0.232. The van der Waals surface area contributed by atoms with Gasteiger partial charge in [0.1, 0.15) is 17.1 Å². The first-order valence-corrected chi connectivity index (χ1v) is 7.04. The van der Waals surface area contributed by atoms with Crippen LogP contribution in [0, 0.1) is 12.7 Å². The van der Waals surface area contributed by atoms with Gasteiger partial charge in [-0.1, -0.05) is 12.1 Å². The molecule has 0 spiro atoms. The molecule has 0 atom stereocenters. The van der Waals surface area contributed by atoms with E-state index >= 15 is 0 Å². The zero-order chi connectivity index (χ0) is 15.7. The second kappa shape index (κ2) is 5.64. The van der Waals surface area contributed by atoms with Crippen LogP contribution >= 0.6 is 0 Å². The Morgan fingerprint density at radius 3 is 2.55 bits per heavy atom. The molecule has 2 aromatic carbocycles. The number of ether oxygens (including phenoxy) is 1. The van der Waals surface area contributed by atoms with E-state index in [1.54, 1.807) is 19.2 Å². The average molecular weight is 296 g/mol. The van der Waals surface area contributed by atoms with Gasteiger partial charge in [0.15, 0.2) is 0 Å².